The van der Waals surface area contributed by atoms with E-state index >= 15 is 0 Å². The van der Waals surface area contributed by atoms with E-state index in [0.29, 0.717) is 0 Å². The van der Waals surface area contributed by atoms with Gasteiger partial charge in [0.2, 0.25) is 0 Å². The van der Waals surface area contributed by atoms with Crippen molar-refractivity contribution in [3.63, 3.8) is 0 Å². The lowest BCUT2D eigenvalue weighted by Crippen LogP contribution is -2.11. The smallest absolute Gasteiger partial charge is 0.139 e. The van der Waals surface area contributed by atoms with Crippen LogP contribution in [0.1, 0.15) is 27.8 Å². The van der Waals surface area contributed by atoms with Gasteiger partial charge in [0.05, 0.1) is 0 Å². The highest BCUT2D eigenvalue weighted by Crippen LogP contribution is 2.46. The van der Waals surface area contributed by atoms with E-state index in [4.69, 9.17) is 8.83 Å². The molecule has 0 spiro atoms. The van der Waals surface area contributed by atoms with Crippen LogP contribution < -0.4 is 9.80 Å². The summed E-state index contributed by atoms with van der Waals surface area (Å²) in [5.41, 5.74) is 16.2. The predicted octanol–water partition coefficient (Wildman–Crippen LogP) is 16.3. The Morgan fingerprint density at radius 1 is 0.339 bits per heavy atom. The Balaban J connectivity index is 1.07. The number of anilines is 6. The molecule has 4 heteroatoms. The second-order valence-corrected chi connectivity index (χ2v) is 16.2. The number of fused-ring (bicyclic) bond motifs is 9. The third-order valence-corrected chi connectivity index (χ3v) is 12.0. The molecule has 284 valence electrons. The quantitative estimate of drug-likeness (QED) is 0.169. The van der Waals surface area contributed by atoms with Crippen LogP contribution in [0.15, 0.2) is 173 Å². The highest BCUT2D eigenvalue weighted by atomic mass is 16.3. The van der Waals surface area contributed by atoms with Gasteiger partial charge in [-0.1, -0.05) is 72.8 Å². The molecule has 0 unspecified atom stereocenters. The Bertz CT molecular complexity index is 3450. The fourth-order valence-corrected chi connectivity index (χ4v) is 9.03. The van der Waals surface area contributed by atoms with Crippen molar-refractivity contribution in [1.29, 1.82) is 0 Å². The van der Waals surface area contributed by atoms with E-state index in [0.717, 1.165) is 93.7 Å². The number of nitrogens with zero attached hydrogens (tertiary/aromatic N) is 2. The molecular formula is C55H42N2O2. The first-order valence-electron chi connectivity index (χ1n) is 20.3. The maximum Gasteiger partial charge on any atom is 0.139 e. The van der Waals surface area contributed by atoms with Gasteiger partial charge in [-0.2, -0.15) is 0 Å². The van der Waals surface area contributed by atoms with Crippen LogP contribution in [0.3, 0.4) is 0 Å². The Hall–Kier alpha value is -7.30. The largest absolute Gasteiger partial charge is 0.456 e. The first-order valence-corrected chi connectivity index (χ1v) is 20.3. The molecule has 0 amide bonds. The molecule has 0 atom stereocenters. The minimum absolute atomic E-state index is 0.863. The summed E-state index contributed by atoms with van der Waals surface area (Å²) in [7, 11) is 0. The van der Waals surface area contributed by atoms with Crippen molar-refractivity contribution in [3.05, 3.63) is 192 Å². The fraction of sp³-hybridized carbons (Fsp3) is 0.0909. The molecule has 0 saturated carbocycles. The average Bonchev–Trinajstić information content (AvgIpc) is 3.79. The topological polar surface area (TPSA) is 32.8 Å². The Labute approximate surface area is 343 Å². The molecule has 0 saturated heterocycles. The standard InChI is InChI=1S/C55H42N2O2/c1-33-16-18-35(3)48(24-33)56(42-12-8-6-9-13-42)44-22-20-38-29-46-50(31-40(38)27-44)58-52-26-37(5)55-54(53(46)52)47-30-39-21-23-45(28-41(39)32-51(47)59-55)57(43-14-10-7-11-15-43)49-25-34(2)17-19-36(49)4/h6-32H,1-5H3. The van der Waals surface area contributed by atoms with Crippen molar-refractivity contribution < 1.29 is 8.83 Å². The summed E-state index contributed by atoms with van der Waals surface area (Å²) in [6.07, 6.45) is 0. The van der Waals surface area contributed by atoms with E-state index in [1.165, 1.54) is 33.6 Å². The van der Waals surface area contributed by atoms with E-state index < -0.39 is 0 Å². The fourth-order valence-electron chi connectivity index (χ4n) is 9.03. The number of aryl methyl sites for hydroxylation is 5. The SMILES string of the molecule is Cc1ccc(C)c(N(c2ccccc2)c2ccc3cc4c(cc3c2)oc2cc(C)c3oc5cc6cc(N(c7ccccc7)c7cc(C)ccc7C)ccc6cc5c3c24)c1. The molecule has 0 N–H and O–H groups in total. The first kappa shape index (κ1) is 34.9. The van der Waals surface area contributed by atoms with E-state index in [2.05, 4.69) is 208 Å². The van der Waals surface area contributed by atoms with Gasteiger partial charge in [-0.15, -0.1) is 0 Å². The molecule has 9 aromatic carbocycles. The van der Waals surface area contributed by atoms with Crippen LogP contribution in [0, 0.1) is 34.6 Å². The van der Waals surface area contributed by atoms with Crippen LogP contribution >= 0.6 is 0 Å². The molecule has 0 aliphatic carbocycles. The van der Waals surface area contributed by atoms with E-state index in [1.54, 1.807) is 0 Å². The molecule has 2 heterocycles. The summed E-state index contributed by atoms with van der Waals surface area (Å²) in [4.78, 5) is 4.71. The third-order valence-electron chi connectivity index (χ3n) is 12.0. The molecule has 0 radical (unpaired) electrons. The van der Waals surface area contributed by atoms with Crippen LogP contribution in [-0.4, -0.2) is 0 Å². The number of furan rings is 2. The number of rotatable bonds is 6. The summed E-state index contributed by atoms with van der Waals surface area (Å²) in [5, 5.41) is 8.93. The summed E-state index contributed by atoms with van der Waals surface area (Å²) in [6, 6.07) is 59.2. The lowest BCUT2D eigenvalue weighted by molar-refractivity contribution is 0.660. The van der Waals surface area contributed by atoms with Gasteiger partial charge in [0.25, 0.3) is 0 Å². The van der Waals surface area contributed by atoms with Crippen molar-refractivity contribution in [3.8, 4) is 0 Å². The lowest BCUT2D eigenvalue weighted by Gasteiger charge is -2.27. The van der Waals surface area contributed by atoms with Gasteiger partial charge in [-0.05, 0) is 175 Å². The van der Waals surface area contributed by atoms with Gasteiger partial charge < -0.3 is 18.6 Å². The zero-order valence-electron chi connectivity index (χ0n) is 33.8. The highest BCUT2D eigenvalue weighted by molar-refractivity contribution is 6.28. The van der Waals surface area contributed by atoms with Gasteiger partial charge in [0.1, 0.15) is 22.3 Å². The number of hydrogen-bond acceptors (Lipinski definition) is 4. The van der Waals surface area contributed by atoms with Crippen LogP contribution in [0.5, 0.6) is 0 Å². The molecule has 0 bridgehead atoms. The predicted molar refractivity (Wildman–Crippen MR) is 249 cm³/mol. The Morgan fingerprint density at radius 2 is 0.831 bits per heavy atom. The maximum absolute atomic E-state index is 6.79. The van der Waals surface area contributed by atoms with E-state index in [-0.39, 0.29) is 0 Å². The van der Waals surface area contributed by atoms with E-state index in [9.17, 15) is 0 Å². The minimum Gasteiger partial charge on any atom is -0.456 e. The van der Waals surface area contributed by atoms with Crippen molar-refractivity contribution in [2.75, 3.05) is 9.80 Å². The molecule has 0 fully saturated rings. The minimum atomic E-state index is 0.863. The van der Waals surface area contributed by atoms with Crippen LogP contribution in [0.4, 0.5) is 34.1 Å². The molecule has 4 nitrogen and oxygen atoms in total. The molecule has 59 heavy (non-hydrogen) atoms. The number of hydrogen-bond donors (Lipinski definition) is 0. The second-order valence-electron chi connectivity index (χ2n) is 16.2. The van der Waals surface area contributed by atoms with E-state index in [1.807, 2.05) is 0 Å². The third kappa shape index (κ3) is 5.74. The highest BCUT2D eigenvalue weighted by Gasteiger charge is 2.22. The summed E-state index contributed by atoms with van der Waals surface area (Å²) < 4.78 is 13.5. The Kier molecular flexibility index (Phi) is 7.92. The zero-order valence-corrected chi connectivity index (χ0v) is 33.8. The van der Waals surface area contributed by atoms with Crippen molar-refractivity contribution >= 4 is 99.5 Å². The van der Waals surface area contributed by atoms with Gasteiger partial charge in [-0.3, -0.25) is 0 Å². The second kappa shape index (κ2) is 13.4. The average molecular weight is 763 g/mol. The molecule has 0 aliphatic rings. The number of benzene rings is 9. The van der Waals surface area contributed by atoms with Gasteiger partial charge in [0.15, 0.2) is 0 Å². The van der Waals surface area contributed by atoms with Crippen LogP contribution in [0.2, 0.25) is 0 Å². The monoisotopic (exact) mass is 762 g/mol. The maximum atomic E-state index is 6.79. The molecule has 11 aromatic rings. The summed E-state index contributed by atoms with van der Waals surface area (Å²) >= 11 is 0. The molecule has 2 aromatic heterocycles. The van der Waals surface area contributed by atoms with Crippen LogP contribution in [-0.2, 0) is 0 Å². The first-order chi connectivity index (χ1) is 28.8. The summed E-state index contributed by atoms with van der Waals surface area (Å²) in [5.74, 6) is 0. The summed E-state index contributed by atoms with van der Waals surface area (Å²) in [6.45, 7) is 10.8. The Morgan fingerprint density at radius 3 is 1.36 bits per heavy atom. The number of para-hydroxylation sites is 2. The van der Waals surface area contributed by atoms with Crippen molar-refractivity contribution in [2.24, 2.45) is 0 Å². The molecule has 0 aliphatic heterocycles. The normalized spacial score (nSPS) is 11.8. The van der Waals surface area contributed by atoms with Gasteiger partial charge in [-0.25, -0.2) is 0 Å². The zero-order chi connectivity index (χ0) is 39.9. The van der Waals surface area contributed by atoms with Crippen LogP contribution in [0.25, 0.3) is 65.4 Å². The van der Waals surface area contributed by atoms with Gasteiger partial charge in [0, 0.05) is 55.7 Å². The lowest BCUT2D eigenvalue weighted by atomic mass is 9.99. The van der Waals surface area contributed by atoms with Crippen molar-refractivity contribution in [2.45, 2.75) is 34.6 Å². The van der Waals surface area contributed by atoms with Crippen molar-refractivity contribution in [1.82, 2.24) is 0 Å². The molecule has 11 rings (SSSR count). The van der Waals surface area contributed by atoms with Gasteiger partial charge >= 0.3 is 0 Å². The molecular weight excluding hydrogens is 721 g/mol.